The summed E-state index contributed by atoms with van der Waals surface area (Å²) < 4.78 is 0. The first-order chi connectivity index (χ1) is 7.58. The van der Waals surface area contributed by atoms with Crippen molar-refractivity contribution >= 4 is 17.5 Å². The van der Waals surface area contributed by atoms with Gasteiger partial charge in [0.2, 0.25) is 5.91 Å². The third-order valence-electron chi connectivity index (χ3n) is 2.30. The first kappa shape index (κ1) is 13.0. The number of benzene rings is 1. The van der Waals surface area contributed by atoms with E-state index < -0.39 is 0 Å². The molecule has 0 aromatic heterocycles. The van der Waals surface area contributed by atoms with E-state index in [0.29, 0.717) is 6.42 Å². The topological polar surface area (TPSA) is 55.1 Å². The molecule has 1 amide bonds. The molecule has 1 aromatic carbocycles. The van der Waals surface area contributed by atoms with Gasteiger partial charge >= 0.3 is 0 Å². The monoisotopic (exact) mass is 240 g/mol. The highest BCUT2D eigenvalue weighted by Crippen LogP contribution is 2.10. The molecule has 0 fully saturated rings. The van der Waals surface area contributed by atoms with Crippen molar-refractivity contribution in [3.05, 3.63) is 34.9 Å². The molecular weight excluding hydrogens is 224 g/mol. The minimum Gasteiger partial charge on any atom is -0.370 e. The molecule has 0 unspecified atom stereocenters. The molecule has 0 aliphatic rings. The van der Waals surface area contributed by atoms with Gasteiger partial charge in [-0.25, -0.2) is 0 Å². The smallest absolute Gasteiger partial charge is 0.218 e. The fourth-order valence-corrected chi connectivity index (χ4v) is 1.74. The SMILES string of the molecule is C[C@H](CC(N)=O)NCCc1cccc(Cl)c1. The molecule has 3 N–H and O–H groups in total. The van der Waals surface area contributed by atoms with Crippen molar-refractivity contribution < 1.29 is 4.79 Å². The van der Waals surface area contributed by atoms with Crippen molar-refractivity contribution in [2.24, 2.45) is 5.73 Å². The Labute approximate surface area is 101 Å². The van der Waals surface area contributed by atoms with Gasteiger partial charge in [0.05, 0.1) is 0 Å². The molecule has 0 aliphatic heterocycles. The van der Waals surface area contributed by atoms with Crippen molar-refractivity contribution in [1.29, 1.82) is 0 Å². The van der Waals surface area contributed by atoms with E-state index in [1.807, 2.05) is 31.2 Å². The van der Waals surface area contributed by atoms with Gasteiger partial charge in [0.15, 0.2) is 0 Å². The largest absolute Gasteiger partial charge is 0.370 e. The average Bonchev–Trinajstić information content (AvgIpc) is 2.16. The van der Waals surface area contributed by atoms with E-state index in [1.54, 1.807) is 0 Å². The number of nitrogens with one attached hydrogen (secondary N) is 1. The lowest BCUT2D eigenvalue weighted by Gasteiger charge is -2.11. The Bertz CT molecular complexity index is 355. The zero-order chi connectivity index (χ0) is 12.0. The molecule has 1 atom stereocenters. The summed E-state index contributed by atoms with van der Waals surface area (Å²) >= 11 is 5.87. The molecule has 0 heterocycles. The van der Waals surface area contributed by atoms with Crippen LogP contribution in [0.4, 0.5) is 0 Å². The Kier molecular flexibility index (Phi) is 5.29. The van der Waals surface area contributed by atoms with Crippen LogP contribution in [0.3, 0.4) is 0 Å². The van der Waals surface area contributed by atoms with Gasteiger partial charge in [0.25, 0.3) is 0 Å². The third kappa shape index (κ3) is 5.14. The molecule has 88 valence electrons. The molecule has 0 saturated heterocycles. The molecule has 0 aliphatic carbocycles. The third-order valence-corrected chi connectivity index (χ3v) is 2.54. The number of hydrogen-bond donors (Lipinski definition) is 2. The van der Waals surface area contributed by atoms with E-state index in [0.717, 1.165) is 18.0 Å². The number of amides is 1. The highest BCUT2D eigenvalue weighted by atomic mass is 35.5. The van der Waals surface area contributed by atoms with Crippen molar-refractivity contribution in [1.82, 2.24) is 5.32 Å². The van der Waals surface area contributed by atoms with Crippen LogP contribution in [0, 0.1) is 0 Å². The summed E-state index contributed by atoms with van der Waals surface area (Å²) in [6.07, 6.45) is 1.26. The molecule has 0 saturated carbocycles. The number of halogens is 1. The lowest BCUT2D eigenvalue weighted by molar-refractivity contribution is -0.118. The maximum absolute atomic E-state index is 10.7. The molecule has 4 heteroatoms. The molecule has 1 aromatic rings. The van der Waals surface area contributed by atoms with Gasteiger partial charge in [-0.05, 0) is 37.6 Å². The summed E-state index contributed by atoms with van der Waals surface area (Å²) in [6.45, 7) is 2.76. The zero-order valence-corrected chi connectivity index (χ0v) is 10.1. The van der Waals surface area contributed by atoms with Gasteiger partial charge in [-0.3, -0.25) is 4.79 Å². The van der Waals surface area contributed by atoms with E-state index in [2.05, 4.69) is 5.32 Å². The standard InChI is InChI=1S/C12H17ClN2O/c1-9(7-12(14)16)15-6-5-10-3-2-4-11(13)8-10/h2-4,8-9,15H,5-7H2,1H3,(H2,14,16)/t9-/m1/s1. The highest BCUT2D eigenvalue weighted by Gasteiger charge is 2.04. The van der Waals surface area contributed by atoms with Gasteiger partial charge in [-0.15, -0.1) is 0 Å². The van der Waals surface area contributed by atoms with E-state index in [9.17, 15) is 4.79 Å². The summed E-state index contributed by atoms with van der Waals surface area (Å²) in [4.78, 5) is 10.7. The number of nitrogens with two attached hydrogens (primary N) is 1. The fraction of sp³-hybridized carbons (Fsp3) is 0.417. The summed E-state index contributed by atoms with van der Waals surface area (Å²) in [5.74, 6) is -0.275. The summed E-state index contributed by atoms with van der Waals surface area (Å²) in [5, 5.41) is 3.99. The minimum atomic E-state index is -0.275. The molecule has 1 rings (SSSR count). The average molecular weight is 241 g/mol. The van der Waals surface area contributed by atoms with Gasteiger partial charge in [-0.2, -0.15) is 0 Å². The maximum atomic E-state index is 10.7. The Hall–Kier alpha value is -1.06. The zero-order valence-electron chi connectivity index (χ0n) is 9.37. The Balaban J connectivity index is 2.27. The lowest BCUT2D eigenvalue weighted by atomic mass is 10.1. The van der Waals surface area contributed by atoms with Crippen LogP contribution >= 0.6 is 11.6 Å². The Morgan fingerprint density at radius 3 is 2.94 bits per heavy atom. The number of rotatable bonds is 6. The van der Waals surface area contributed by atoms with Gasteiger partial charge in [0, 0.05) is 17.5 Å². The summed E-state index contributed by atoms with van der Waals surface area (Å²) in [7, 11) is 0. The summed E-state index contributed by atoms with van der Waals surface area (Å²) in [5.41, 5.74) is 6.29. The predicted octanol–water partition coefficient (Wildman–Crippen LogP) is 1.74. The second kappa shape index (κ2) is 6.51. The quantitative estimate of drug-likeness (QED) is 0.796. The Morgan fingerprint density at radius 2 is 2.31 bits per heavy atom. The second-order valence-corrected chi connectivity index (χ2v) is 4.34. The summed E-state index contributed by atoms with van der Waals surface area (Å²) in [6, 6.07) is 7.89. The van der Waals surface area contributed by atoms with Crippen LogP contribution in [0.15, 0.2) is 24.3 Å². The maximum Gasteiger partial charge on any atom is 0.218 e. The fourth-order valence-electron chi connectivity index (χ4n) is 1.53. The van der Waals surface area contributed by atoms with Gasteiger partial charge in [0.1, 0.15) is 0 Å². The predicted molar refractivity (Wildman–Crippen MR) is 66.4 cm³/mol. The van der Waals surface area contributed by atoms with Crippen LogP contribution in [-0.4, -0.2) is 18.5 Å². The molecule has 0 radical (unpaired) electrons. The number of primary amides is 1. The van der Waals surface area contributed by atoms with Crippen LogP contribution in [0.1, 0.15) is 18.9 Å². The number of carbonyl (C=O) groups is 1. The van der Waals surface area contributed by atoms with E-state index in [-0.39, 0.29) is 11.9 Å². The van der Waals surface area contributed by atoms with E-state index in [4.69, 9.17) is 17.3 Å². The lowest BCUT2D eigenvalue weighted by Crippen LogP contribution is -2.32. The van der Waals surface area contributed by atoms with Crippen molar-refractivity contribution in [3.63, 3.8) is 0 Å². The first-order valence-corrected chi connectivity index (χ1v) is 5.72. The molecule has 0 bridgehead atoms. The van der Waals surface area contributed by atoms with Gasteiger partial charge in [-0.1, -0.05) is 23.7 Å². The van der Waals surface area contributed by atoms with Gasteiger partial charge < -0.3 is 11.1 Å². The molecule has 3 nitrogen and oxygen atoms in total. The molecule has 16 heavy (non-hydrogen) atoms. The Morgan fingerprint density at radius 1 is 1.56 bits per heavy atom. The van der Waals surface area contributed by atoms with Crippen molar-refractivity contribution in [2.45, 2.75) is 25.8 Å². The normalized spacial score (nSPS) is 12.4. The van der Waals surface area contributed by atoms with Crippen LogP contribution in [-0.2, 0) is 11.2 Å². The van der Waals surface area contributed by atoms with Crippen LogP contribution in [0.2, 0.25) is 5.02 Å². The van der Waals surface area contributed by atoms with Crippen LogP contribution in [0.5, 0.6) is 0 Å². The van der Waals surface area contributed by atoms with Crippen molar-refractivity contribution in [2.75, 3.05) is 6.54 Å². The number of carbonyl (C=O) groups excluding carboxylic acids is 1. The first-order valence-electron chi connectivity index (χ1n) is 5.34. The van der Waals surface area contributed by atoms with E-state index >= 15 is 0 Å². The van der Waals surface area contributed by atoms with Crippen molar-refractivity contribution in [3.8, 4) is 0 Å². The molecule has 0 spiro atoms. The van der Waals surface area contributed by atoms with E-state index in [1.165, 1.54) is 5.56 Å². The second-order valence-electron chi connectivity index (χ2n) is 3.91. The number of hydrogen-bond acceptors (Lipinski definition) is 2. The van der Waals surface area contributed by atoms with Crippen LogP contribution < -0.4 is 11.1 Å². The highest BCUT2D eigenvalue weighted by molar-refractivity contribution is 6.30. The van der Waals surface area contributed by atoms with Crippen LogP contribution in [0.25, 0.3) is 0 Å². The minimum absolute atomic E-state index is 0.122. The molecular formula is C12H17ClN2O.